The summed E-state index contributed by atoms with van der Waals surface area (Å²) in [5.74, 6) is -0.0256. The summed E-state index contributed by atoms with van der Waals surface area (Å²) in [7, 11) is 0. The van der Waals surface area contributed by atoms with Gasteiger partial charge in [0.2, 0.25) is 11.8 Å². The maximum absolute atomic E-state index is 13.6. The highest BCUT2D eigenvalue weighted by atomic mass is 35.5. The topological polar surface area (TPSA) is 49.4 Å². The summed E-state index contributed by atoms with van der Waals surface area (Å²) in [5, 5.41) is 4.01. The van der Waals surface area contributed by atoms with E-state index in [1.807, 2.05) is 74.5 Å². The van der Waals surface area contributed by atoms with Gasteiger partial charge in [-0.15, -0.1) is 0 Å². The summed E-state index contributed by atoms with van der Waals surface area (Å²) >= 11 is 12.5. The molecule has 2 amide bonds. The van der Waals surface area contributed by atoms with Crippen molar-refractivity contribution in [1.82, 2.24) is 10.2 Å². The van der Waals surface area contributed by atoms with Gasteiger partial charge in [0.1, 0.15) is 6.04 Å². The van der Waals surface area contributed by atoms with E-state index in [1.165, 1.54) is 0 Å². The molecule has 1 N–H and O–H groups in total. The van der Waals surface area contributed by atoms with Crippen LogP contribution in [0.1, 0.15) is 30.5 Å². The molecule has 6 heteroatoms. The quantitative estimate of drug-likeness (QED) is 0.377. The van der Waals surface area contributed by atoms with Gasteiger partial charge in [-0.05, 0) is 34.7 Å². The molecule has 3 aromatic carbocycles. The summed E-state index contributed by atoms with van der Waals surface area (Å²) in [5.41, 5.74) is 2.61. The first-order chi connectivity index (χ1) is 16.3. The Labute approximate surface area is 211 Å². The fraction of sp³-hybridized carbons (Fsp3) is 0.286. The number of hydrogen-bond acceptors (Lipinski definition) is 2. The molecule has 3 aromatic rings. The number of carbonyl (C=O) groups is 2. The molecular formula is C28H30Cl2N2O2. The third-order valence-electron chi connectivity index (χ3n) is 5.51. The highest BCUT2D eigenvalue weighted by Gasteiger charge is 2.30. The average molecular weight is 497 g/mol. The maximum Gasteiger partial charge on any atom is 0.243 e. The van der Waals surface area contributed by atoms with Crippen molar-refractivity contribution >= 4 is 35.0 Å². The lowest BCUT2D eigenvalue weighted by Crippen LogP contribution is -2.51. The Morgan fingerprint density at radius 3 is 2.09 bits per heavy atom. The van der Waals surface area contributed by atoms with Crippen molar-refractivity contribution in [3.05, 3.63) is 106 Å². The van der Waals surface area contributed by atoms with Crippen LogP contribution in [0.25, 0.3) is 0 Å². The normalized spacial score (nSPS) is 11.8. The molecule has 34 heavy (non-hydrogen) atoms. The second kappa shape index (κ2) is 12.6. The Morgan fingerprint density at radius 1 is 0.882 bits per heavy atom. The van der Waals surface area contributed by atoms with E-state index < -0.39 is 6.04 Å². The highest BCUT2D eigenvalue weighted by molar-refractivity contribution is 6.35. The third-order valence-corrected chi connectivity index (χ3v) is 6.10. The molecule has 0 bridgehead atoms. The second-order valence-corrected chi connectivity index (χ2v) is 9.61. The van der Waals surface area contributed by atoms with Crippen molar-refractivity contribution in [3.8, 4) is 0 Å². The molecule has 0 aliphatic heterocycles. The summed E-state index contributed by atoms with van der Waals surface area (Å²) in [6.07, 6.45) is 0.589. The molecule has 0 saturated heterocycles. The van der Waals surface area contributed by atoms with Gasteiger partial charge in [-0.25, -0.2) is 0 Å². The van der Waals surface area contributed by atoms with E-state index in [-0.39, 0.29) is 24.8 Å². The SMILES string of the molecule is CC(C)CNC(=O)C(Cc1ccccc1)N(Cc1ccc(Cl)cc1Cl)C(=O)Cc1ccccc1. The van der Waals surface area contributed by atoms with Crippen LogP contribution in [-0.2, 0) is 29.0 Å². The van der Waals surface area contributed by atoms with Gasteiger partial charge in [-0.3, -0.25) is 9.59 Å². The van der Waals surface area contributed by atoms with Crippen molar-refractivity contribution in [2.45, 2.75) is 39.3 Å². The fourth-order valence-electron chi connectivity index (χ4n) is 3.68. The number of hydrogen-bond donors (Lipinski definition) is 1. The minimum atomic E-state index is -0.691. The predicted molar refractivity (Wildman–Crippen MR) is 139 cm³/mol. The lowest BCUT2D eigenvalue weighted by molar-refractivity contribution is -0.140. The minimum absolute atomic E-state index is 0.141. The zero-order valence-electron chi connectivity index (χ0n) is 19.5. The molecule has 1 unspecified atom stereocenters. The van der Waals surface area contributed by atoms with E-state index in [4.69, 9.17) is 23.2 Å². The van der Waals surface area contributed by atoms with Crippen molar-refractivity contribution in [3.63, 3.8) is 0 Å². The van der Waals surface area contributed by atoms with Gasteiger partial charge in [0.25, 0.3) is 0 Å². The van der Waals surface area contributed by atoms with Crippen LogP contribution < -0.4 is 5.32 Å². The number of halogens is 2. The van der Waals surface area contributed by atoms with Crippen LogP contribution >= 0.6 is 23.2 Å². The Morgan fingerprint density at radius 2 is 1.50 bits per heavy atom. The Bertz CT molecular complexity index is 1090. The van der Waals surface area contributed by atoms with E-state index in [1.54, 1.807) is 23.1 Å². The Balaban J connectivity index is 1.97. The minimum Gasteiger partial charge on any atom is -0.354 e. The zero-order valence-corrected chi connectivity index (χ0v) is 21.0. The molecule has 0 radical (unpaired) electrons. The molecule has 0 aliphatic rings. The molecule has 0 spiro atoms. The summed E-state index contributed by atoms with van der Waals surface area (Å²) in [6.45, 7) is 4.82. The van der Waals surface area contributed by atoms with E-state index in [0.717, 1.165) is 16.7 Å². The van der Waals surface area contributed by atoms with Crippen molar-refractivity contribution in [2.24, 2.45) is 5.92 Å². The lowest BCUT2D eigenvalue weighted by Gasteiger charge is -2.32. The molecule has 0 heterocycles. The highest BCUT2D eigenvalue weighted by Crippen LogP contribution is 2.24. The Kier molecular flexibility index (Phi) is 9.55. The number of nitrogens with one attached hydrogen (secondary N) is 1. The summed E-state index contributed by atoms with van der Waals surface area (Å²) < 4.78 is 0. The molecule has 0 fully saturated rings. The number of nitrogens with zero attached hydrogens (tertiary/aromatic N) is 1. The molecule has 0 saturated carbocycles. The molecular weight excluding hydrogens is 467 g/mol. The van der Waals surface area contributed by atoms with Crippen LogP contribution in [0.5, 0.6) is 0 Å². The first-order valence-electron chi connectivity index (χ1n) is 11.4. The molecule has 178 valence electrons. The van der Waals surface area contributed by atoms with Crippen molar-refractivity contribution < 1.29 is 9.59 Å². The van der Waals surface area contributed by atoms with E-state index in [9.17, 15) is 9.59 Å². The molecule has 1 atom stereocenters. The van der Waals surface area contributed by atoms with Crippen LogP contribution in [0.4, 0.5) is 0 Å². The van der Waals surface area contributed by atoms with Crippen molar-refractivity contribution in [1.29, 1.82) is 0 Å². The van der Waals surface area contributed by atoms with E-state index in [0.29, 0.717) is 28.9 Å². The molecule has 4 nitrogen and oxygen atoms in total. The standard InChI is InChI=1S/C28H30Cl2N2O2/c1-20(2)18-31-28(34)26(15-21-9-5-3-6-10-21)32(19-23-13-14-24(29)17-25(23)30)27(33)16-22-11-7-4-8-12-22/h3-14,17,20,26H,15-16,18-19H2,1-2H3,(H,31,34). The van der Waals surface area contributed by atoms with Gasteiger partial charge in [-0.1, -0.05) is 104 Å². The van der Waals surface area contributed by atoms with Crippen LogP contribution in [0, 0.1) is 5.92 Å². The van der Waals surface area contributed by atoms with Crippen LogP contribution in [-0.4, -0.2) is 29.3 Å². The van der Waals surface area contributed by atoms with Gasteiger partial charge >= 0.3 is 0 Å². The summed E-state index contributed by atoms with van der Waals surface area (Å²) in [4.78, 5) is 28.7. The van der Waals surface area contributed by atoms with E-state index >= 15 is 0 Å². The number of amides is 2. The van der Waals surface area contributed by atoms with Crippen molar-refractivity contribution in [2.75, 3.05) is 6.54 Å². The number of carbonyl (C=O) groups excluding carboxylic acids is 2. The van der Waals surface area contributed by atoms with Gasteiger partial charge in [-0.2, -0.15) is 0 Å². The summed E-state index contributed by atoms with van der Waals surface area (Å²) in [6, 6.07) is 23.8. The first-order valence-corrected chi connectivity index (χ1v) is 12.2. The maximum atomic E-state index is 13.6. The van der Waals surface area contributed by atoms with E-state index in [2.05, 4.69) is 5.32 Å². The Hall–Kier alpha value is -2.82. The second-order valence-electron chi connectivity index (χ2n) is 8.76. The predicted octanol–water partition coefficient (Wildman–Crippen LogP) is 5.95. The molecule has 0 aliphatic carbocycles. The van der Waals surface area contributed by atoms with Gasteiger partial charge in [0.05, 0.1) is 6.42 Å². The average Bonchev–Trinajstić information content (AvgIpc) is 2.82. The van der Waals surface area contributed by atoms with Gasteiger partial charge in [0, 0.05) is 29.6 Å². The largest absolute Gasteiger partial charge is 0.354 e. The van der Waals surface area contributed by atoms with Gasteiger partial charge in [0.15, 0.2) is 0 Å². The van der Waals surface area contributed by atoms with Crippen LogP contribution in [0.3, 0.4) is 0 Å². The first kappa shape index (κ1) is 25.8. The monoisotopic (exact) mass is 496 g/mol. The van der Waals surface area contributed by atoms with Crippen LogP contribution in [0.15, 0.2) is 78.9 Å². The molecule has 0 aromatic heterocycles. The number of benzene rings is 3. The van der Waals surface area contributed by atoms with Gasteiger partial charge < -0.3 is 10.2 Å². The molecule has 3 rings (SSSR count). The fourth-order valence-corrected chi connectivity index (χ4v) is 4.15. The third kappa shape index (κ3) is 7.61. The smallest absolute Gasteiger partial charge is 0.243 e. The van der Waals surface area contributed by atoms with Crippen LogP contribution in [0.2, 0.25) is 10.0 Å². The zero-order chi connectivity index (χ0) is 24.5. The lowest BCUT2D eigenvalue weighted by atomic mass is 10.0. The number of rotatable bonds is 10.